The Morgan fingerprint density at radius 3 is 2.37 bits per heavy atom. The first kappa shape index (κ1) is 15.5. The molecule has 6 N–H and O–H groups in total. The Bertz CT molecular complexity index is 426. The summed E-state index contributed by atoms with van der Waals surface area (Å²) in [5, 5.41) is 19.3. The molecule has 1 rings (SSSR count). The second-order valence-corrected chi connectivity index (χ2v) is 3.93. The van der Waals surface area contributed by atoms with Gasteiger partial charge in [0.2, 0.25) is 0 Å². The van der Waals surface area contributed by atoms with Crippen molar-refractivity contribution in [2.24, 2.45) is 5.73 Å². The summed E-state index contributed by atoms with van der Waals surface area (Å²) in [6.07, 6.45) is -7.13. The number of alkyl halides is 3. The summed E-state index contributed by atoms with van der Waals surface area (Å²) in [7, 11) is 0. The smallest absolute Gasteiger partial charge is 0.406 e. The maximum absolute atomic E-state index is 12.0. The van der Waals surface area contributed by atoms with Crippen molar-refractivity contribution in [1.82, 2.24) is 0 Å². The standard InChI is InChI=1S/C11H15F3N2O3/c12-11(13,14)19-6-1-2-7(8(16)5-6)10(18)9(17)3-4-15/h1-2,5,9-10,17-18H,3-4,15-16H2. The van der Waals surface area contributed by atoms with Gasteiger partial charge in [0.25, 0.3) is 0 Å². The van der Waals surface area contributed by atoms with Crippen LogP contribution in [0.1, 0.15) is 18.1 Å². The van der Waals surface area contributed by atoms with E-state index in [1.807, 2.05) is 0 Å². The van der Waals surface area contributed by atoms with Gasteiger partial charge in [-0.25, -0.2) is 0 Å². The van der Waals surface area contributed by atoms with Crippen LogP contribution in [0.3, 0.4) is 0 Å². The van der Waals surface area contributed by atoms with Crippen LogP contribution in [-0.2, 0) is 0 Å². The van der Waals surface area contributed by atoms with Crippen LogP contribution in [0, 0.1) is 0 Å². The van der Waals surface area contributed by atoms with E-state index < -0.39 is 24.3 Å². The first-order valence-corrected chi connectivity index (χ1v) is 5.46. The van der Waals surface area contributed by atoms with Crippen molar-refractivity contribution >= 4 is 5.69 Å². The first-order chi connectivity index (χ1) is 8.74. The van der Waals surface area contributed by atoms with Gasteiger partial charge in [-0.1, -0.05) is 6.07 Å². The van der Waals surface area contributed by atoms with Crippen molar-refractivity contribution in [2.45, 2.75) is 25.0 Å². The number of aliphatic hydroxyl groups excluding tert-OH is 2. The second-order valence-electron chi connectivity index (χ2n) is 3.93. The third kappa shape index (κ3) is 4.58. The van der Waals surface area contributed by atoms with E-state index in [4.69, 9.17) is 11.5 Å². The Balaban J connectivity index is 2.88. The SMILES string of the molecule is NCCC(O)C(O)c1ccc(OC(F)(F)F)cc1N. The van der Waals surface area contributed by atoms with Crippen molar-refractivity contribution in [2.75, 3.05) is 12.3 Å². The fourth-order valence-corrected chi connectivity index (χ4v) is 1.56. The molecule has 0 spiro atoms. The van der Waals surface area contributed by atoms with E-state index in [1.165, 1.54) is 6.07 Å². The molecular weight excluding hydrogens is 265 g/mol. The van der Waals surface area contributed by atoms with Crippen LogP contribution in [0.4, 0.5) is 18.9 Å². The molecule has 8 heteroatoms. The number of benzene rings is 1. The van der Waals surface area contributed by atoms with Gasteiger partial charge in [0.15, 0.2) is 0 Å². The van der Waals surface area contributed by atoms with E-state index in [1.54, 1.807) is 0 Å². The van der Waals surface area contributed by atoms with Gasteiger partial charge in [-0.3, -0.25) is 0 Å². The maximum atomic E-state index is 12.0. The second kappa shape index (κ2) is 6.09. The summed E-state index contributed by atoms with van der Waals surface area (Å²) in [5.41, 5.74) is 10.8. The Hall–Kier alpha value is -1.51. The molecule has 0 aliphatic heterocycles. The van der Waals surface area contributed by atoms with Gasteiger partial charge in [-0.05, 0) is 19.0 Å². The number of halogens is 3. The van der Waals surface area contributed by atoms with Crippen molar-refractivity contribution < 1.29 is 28.1 Å². The molecule has 0 heterocycles. The highest BCUT2D eigenvalue weighted by atomic mass is 19.4. The summed E-state index contributed by atoms with van der Waals surface area (Å²) in [6, 6.07) is 3.11. The van der Waals surface area contributed by atoms with Crippen molar-refractivity contribution in [3.63, 3.8) is 0 Å². The predicted molar refractivity (Wildman–Crippen MR) is 62.2 cm³/mol. The average Bonchev–Trinajstić information content (AvgIpc) is 2.26. The van der Waals surface area contributed by atoms with Gasteiger partial charge in [-0.2, -0.15) is 0 Å². The monoisotopic (exact) mass is 280 g/mol. The van der Waals surface area contributed by atoms with Gasteiger partial charge in [0, 0.05) is 17.3 Å². The lowest BCUT2D eigenvalue weighted by Gasteiger charge is -2.19. The number of nitrogens with two attached hydrogens (primary N) is 2. The predicted octanol–water partition coefficient (Wildman–Crippen LogP) is 0.911. The van der Waals surface area contributed by atoms with Crippen LogP contribution < -0.4 is 16.2 Å². The fourth-order valence-electron chi connectivity index (χ4n) is 1.56. The fraction of sp³-hybridized carbons (Fsp3) is 0.455. The van der Waals surface area contributed by atoms with Crippen molar-refractivity contribution in [3.8, 4) is 5.75 Å². The van der Waals surface area contributed by atoms with Gasteiger partial charge in [-0.15, -0.1) is 13.2 Å². The van der Waals surface area contributed by atoms with Gasteiger partial charge in [0.05, 0.1) is 6.10 Å². The molecular formula is C11H15F3N2O3. The van der Waals surface area contributed by atoms with Crippen molar-refractivity contribution in [3.05, 3.63) is 23.8 Å². The lowest BCUT2D eigenvalue weighted by atomic mass is 10.0. The topological polar surface area (TPSA) is 102 Å². The molecule has 0 bridgehead atoms. The van der Waals surface area contributed by atoms with Gasteiger partial charge in [0.1, 0.15) is 11.9 Å². The van der Waals surface area contributed by atoms with E-state index in [0.717, 1.165) is 12.1 Å². The van der Waals surface area contributed by atoms with Crippen LogP contribution in [0.2, 0.25) is 0 Å². The van der Waals surface area contributed by atoms with E-state index in [2.05, 4.69) is 4.74 Å². The molecule has 0 radical (unpaired) electrons. The summed E-state index contributed by atoms with van der Waals surface area (Å²) in [6.45, 7) is 0.160. The Labute approximate surface area is 107 Å². The zero-order valence-corrected chi connectivity index (χ0v) is 9.89. The largest absolute Gasteiger partial charge is 0.573 e. The lowest BCUT2D eigenvalue weighted by molar-refractivity contribution is -0.274. The van der Waals surface area contributed by atoms with E-state index >= 15 is 0 Å². The van der Waals surface area contributed by atoms with Crippen LogP contribution in [0.5, 0.6) is 5.75 Å². The molecule has 5 nitrogen and oxygen atoms in total. The number of ether oxygens (including phenoxy) is 1. The number of rotatable bonds is 5. The zero-order chi connectivity index (χ0) is 14.6. The molecule has 0 fully saturated rings. The molecule has 19 heavy (non-hydrogen) atoms. The molecule has 0 aliphatic carbocycles. The quantitative estimate of drug-likeness (QED) is 0.600. The van der Waals surface area contributed by atoms with Crippen molar-refractivity contribution in [1.29, 1.82) is 0 Å². The normalized spacial score (nSPS) is 15.1. The molecule has 0 saturated heterocycles. The number of anilines is 1. The molecule has 2 atom stereocenters. The molecule has 0 saturated carbocycles. The number of nitrogen functional groups attached to an aromatic ring is 1. The molecule has 0 aromatic heterocycles. The average molecular weight is 280 g/mol. The minimum absolute atomic E-state index is 0.106. The summed E-state index contributed by atoms with van der Waals surface area (Å²) >= 11 is 0. The third-order valence-corrected chi connectivity index (χ3v) is 2.44. The van der Waals surface area contributed by atoms with E-state index in [9.17, 15) is 23.4 Å². The Morgan fingerprint density at radius 1 is 1.26 bits per heavy atom. The summed E-state index contributed by atoms with van der Waals surface area (Å²) < 4.78 is 39.7. The number of hydrogen-bond acceptors (Lipinski definition) is 5. The molecule has 0 amide bonds. The lowest BCUT2D eigenvalue weighted by Crippen LogP contribution is -2.23. The Kier molecular flexibility index (Phi) is 4.98. The third-order valence-electron chi connectivity index (χ3n) is 2.44. The van der Waals surface area contributed by atoms with E-state index in [0.29, 0.717) is 0 Å². The van der Waals surface area contributed by atoms with Gasteiger partial charge >= 0.3 is 6.36 Å². The van der Waals surface area contributed by atoms with Crippen LogP contribution in [0.25, 0.3) is 0 Å². The van der Waals surface area contributed by atoms with Gasteiger partial charge < -0.3 is 26.4 Å². The van der Waals surface area contributed by atoms with E-state index in [-0.39, 0.29) is 24.2 Å². The zero-order valence-electron chi connectivity index (χ0n) is 9.89. The minimum atomic E-state index is -4.81. The highest BCUT2D eigenvalue weighted by Crippen LogP contribution is 2.30. The highest BCUT2D eigenvalue weighted by molar-refractivity contribution is 5.52. The molecule has 1 aromatic rings. The minimum Gasteiger partial charge on any atom is -0.406 e. The molecule has 1 aromatic carbocycles. The summed E-state index contributed by atoms with van der Waals surface area (Å²) in [5.74, 6) is -0.491. The Morgan fingerprint density at radius 2 is 1.89 bits per heavy atom. The highest BCUT2D eigenvalue weighted by Gasteiger charge is 2.31. The molecule has 0 aliphatic rings. The number of hydrogen-bond donors (Lipinski definition) is 4. The summed E-state index contributed by atoms with van der Waals surface area (Å²) in [4.78, 5) is 0. The maximum Gasteiger partial charge on any atom is 0.573 e. The van der Waals surface area contributed by atoms with Crippen LogP contribution in [0.15, 0.2) is 18.2 Å². The van der Waals surface area contributed by atoms with Crippen LogP contribution in [-0.4, -0.2) is 29.2 Å². The van der Waals surface area contributed by atoms with Crippen LogP contribution >= 0.6 is 0 Å². The molecule has 108 valence electrons. The first-order valence-electron chi connectivity index (χ1n) is 5.46. The molecule has 2 unspecified atom stereocenters. The number of aliphatic hydroxyl groups is 2.